The number of carbonyl (C=O) groups excluding carboxylic acids is 1. The summed E-state index contributed by atoms with van der Waals surface area (Å²) in [6.07, 6.45) is 1.94. The van der Waals surface area contributed by atoms with Gasteiger partial charge in [0, 0.05) is 35.2 Å². The zero-order valence-electron chi connectivity index (χ0n) is 17.6. The molecule has 6 heteroatoms. The molecule has 0 unspecified atom stereocenters. The van der Waals surface area contributed by atoms with E-state index in [0.29, 0.717) is 11.7 Å². The number of hydrogen-bond donors (Lipinski definition) is 1. The van der Waals surface area contributed by atoms with E-state index in [1.807, 2.05) is 23.1 Å². The fourth-order valence-corrected chi connectivity index (χ4v) is 4.59. The van der Waals surface area contributed by atoms with Gasteiger partial charge in [0.05, 0.1) is 14.2 Å². The summed E-state index contributed by atoms with van der Waals surface area (Å²) in [5, 5.41) is 1.23. The molecular formula is C24H27ClN2O3. The molecule has 0 aliphatic carbocycles. The van der Waals surface area contributed by atoms with Gasteiger partial charge < -0.3 is 19.4 Å². The zero-order valence-corrected chi connectivity index (χ0v) is 18.4. The lowest BCUT2D eigenvalue weighted by molar-refractivity contribution is -0.129. The van der Waals surface area contributed by atoms with Gasteiger partial charge in [-0.15, -0.1) is 11.6 Å². The molecule has 1 aliphatic rings. The summed E-state index contributed by atoms with van der Waals surface area (Å²) in [6, 6.07) is 12.7. The third-order valence-corrected chi connectivity index (χ3v) is 6.42. The molecule has 5 nitrogen and oxygen atoms in total. The van der Waals surface area contributed by atoms with Crippen LogP contribution in [0.15, 0.2) is 36.4 Å². The van der Waals surface area contributed by atoms with Crippen molar-refractivity contribution >= 4 is 28.4 Å². The molecule has 1 N–H and O–H groups in total. The first-order valence-electron chi connectivity index (χ1n) is 10.2. The highest BCUT2D eigenvalue weighted by atomic mass is 35.5. The minimum Gasteiger partial charge on any atom is -0.493 e. The van der Waals surface area contributed by atoms with Gasteiger partial charge >= 0.3 is 0 Å². The number of ether oxygens (including phenoxy) is 2. The molecule has 4 rings (SSSR count). The van der Waals surface area contributed by atoms with Crippen molar-refractivity contribution in [1.82, 2.24) is 9.88 Å². The van der Waals surface area contributed by atoms with Gasteiger partial charge in [0.15, 0.2) is 11.5 Å². The van der Waals surface area contributed by atoms with Crippen LogP contribution in [0.5, 0.6) is 11.5 Å². The third kappa shape index (κ3) is 3.74. The number of aromatic nitrogens is 1. The molecule has 158 valence electrons. The Hall–Kier alpha value is -2.66. The van der Waals surface area contributed by atoms with E-state index in [9.17, 15) is 4.79 Å². The van der Waals surface area contributed by atoms with Crippen molar-refractivity contribution in [3.8, 4) is 22.8 Å². The van der Waals surface area contributed by atoms with Crippen molar-refractivity contribution < 1.29 is 14.3 Å². The molecule has 0 atom stereocenters. The first kappa shape index (κ1) is 20.6. The predicted molar refractivity (Wildman–Crippen MR) is 121 cm³/mol. The number of piperidine rings is 1. The Morgan fingerprint density at radius 3 is 2.50 bits per heavy atom. The highest BCUT2D eigenvalue weighted by molar-refractivity contribution is 6.27. The molecule has 1 saturated heterocycles. The number of aromatic amines is 1. The fraction of sp³-hybridized carbons (Fsp3) is 0.375. The van der Waals surface area contributed by atoms with E-state index in [2.05, 4.69) is 30.1 Å². The number of fused-ring (bicyclic) bond motifs is 1. The third-order valence-electron chi connectivity index (χ3n) is 6.19. The molecule has 1 fully saturated rings. The molecule has 2 aromatic carbocycles. The van der Waals surface area contributed by atoms with E-state index in [1.54, 1.807) is 14.2 Å². The van der Waals surface area contributed by atoms with Gasteiger partial charge in [-0.05, 0) is 67.1 Å². The van der Waals surface area contributed by atoms with E-state index in [1.165, 1.54) is 16.5 Å². The van der Waals surface area contributed by atoms with E-state index in [-0.39, 0.29) is 11.8 Å². The number of hydrogen-bond acceptors (Lipinski definition) is 3. The Bertz CT molecular complexity index is 1070. The number of methoxy groups -OCH3 is 2. The Labute approximate surface area is 181 Å². The second-order valence-corrected chi connectivity index (χ2v) is 8.06. The van der Waals surface area contributed by atoms with Crippen LogP contribution in [0, 0.1) is 6.92 Å². The number of aryl methyl sites for hydroxylation is 1. The predicted octanol–water partition coefficient (Wildman–Crippen LogP) is 5.11. The number of halogens is 1. The van der Waals surface area contributed by atoms with E-state index < -0.39 is 0 Å². The molecule has 0 radical (unpaired) electrons. The Kier molecular flexibility index (Phi) is 5.91. The molecule has 1 aliphatic heterocycles. The minimum absolute atomic E-state index is 0.0339. The molecule has 1 aromatic heterocycles. The van der Waals surface area contributed by atoms with E-state index >= 15 is 0 Å². The van der Waals surface area contributed by atoms with Crippen LogP contribution in [0.3, 0.4) is 0 Å². The second kappa shape index (κ2) is 8.60. The largest absolute Gasteiger partial charge is 0.493 e. The molecule has 30 heavy (non-hydrogen) atoms. The van der Waals surface area contributed by atoms with Crippen LogP contribution in [0.2, 0.25) is 0 Å². The summed E-state index contributed by atoms with van der Waals surface area (Å²) >= 11 is 5.70. The maximum absolute atomic E-state index is 11.8. The summed E-state index contributed by atoms with van der Waals surface area (Å²) in [5.74, 6) is 2.00. The average molecular weight is 427 g/mol. The van der Waals surface area contributed by atoms with Crippen molar-refractivity contribution in [3.05, 3.63) is 47.5 Å². The van der Waals surface area contributed by atoms with Crippen LogP contribution in [-0.4, -0.2) is 49.0 Å². The zero-order chi connectivity index (χ0) is 21.3. The molecule has 3 aromatic rings. The highest BCUT2D eigenvalue weighted by Gasteiger charge is 2.24. The Morgan fingerprint density at radius 1 is 1.10 bits per heavy atom. The molecular weight excluding hydrogens is 400 g/mol. The molecule has 0 saturated carbocycles. The Morgan fingerprint density at radius 2 is 1.83 bits per heavy atom. The number of H-pyrrole nitrogens is 1. The van der Waals surface area contributed by atoms with Crippen molar-refractivity contribution in [1.29, 1.82) is 0 Å². The molecule has 1 amide bonds. The molecule has 0 spiro atoms. The standard InChI is InChI=1S/C24H27ClN2O3/c1-15-19-12-17(16-8-10-27(11-9-16)23(28)14-25)4-6-20(19)26-24(15)18-5-7-21(29-2)22(13-18)30-3/h4-7,12-13,16,26H,8-11,14H2,1-3H3. The number of nitrogens with one attached hydrogen (secondary N) is 1. The van der Waals surface area contributed by atoms with Gasteiger partial charge in [-0.25, -0.2) is 0 Å². The van der Waals surface area contributed by atoms with Gasteiger partial charge in [-0.1, -0.05) is 6.07 Å². The topological polar surface area (TPSA) is 54.6 Å². The second-order valence-electron chi connectivity index (χ2n) is 7.79. The first-order valence-corrected chi connectivity index (χ1v) is 10.8. The molecule has 0 bridgehead atoms. The number of rotatable bonds is 5. The number of benzene rings is 2. The summed E-state index contributed by atoms with van der Waals surface area (Å²) in [5.41, 5.74) is 5.83. The van der Waals surface area contributed by atoms with Crippen molar-refractivity contribution in [2.24, 2.45) is 0 Å². The van der Waals surface area contributed by atoms with Crippen LogP contribution in [0.4, 0.5) is 0 Å². The lowest BCUT2D eigenvalue weighted by Crippen LogP contribution is -2.38. The van der Waals surface area contributed by atoms with Crippen LogP contribution in [0.1, 0.15) is 29.9 Å². The molecule has 2 heterocycles. The number of likely N-dealkylation sites (tertiary alicyclic amines) is 1. The van der Waals surface area contributed by atoms with Crippen molar-refractivity contribution in [2.75, 3.05) is 33.2 Å². The van der Waals surface area contributed by atoms with Crippen LogP contribution >= 0.6 is 11.6 Å². The number of nitrogens with zero attached hydrogens (tertiary/aromatic N) is 1. The number of alkyl halides is 1. The number of amides is 1. The van der Waals surface area contributed by atoms with Gasteiger partial charge in [-0.2, -0.15) is 0 Å². The summed E-state index contributed by atoms with van der Waals surface area (Å²) in [6.45, 7) is 3.70. The van der Waals surface area contributed by atoms with Gasteiger partial charge in [0.25, 0.3) is 0 Å². The minimum atomic E-state index is 0.0339. The maximum atomic E-state index is 11.8. The summed E-state index contributed by atoms with van der Waals surface area (Å²) in [4.78, 5) is 17.3. The average Bonchev–Trinajstić information content (AvgIpc) is 3.14. The smallest absolute Gasteiger partial charge is 0.237 e. The van der Waals surface area contributed by atoms with Crippen LogP contribution in [0.25, 0.3) is 22.2 Å². The maximum Gasteiger partial charge on any atom is 0.237 e. The monoisotopic (exact) mass is 426 g/mol. The first-order chi connectivity index (χ1) is 14.5. The van der Waals surface area contributed by atoms with Gasteiger partial charge in [0.2, 0.25) is 5.91 Å². The van der Waals surface area contributed by atoms with Crippen molar-refractivity contribution in [2.45, 2.75) is 25.7 Å². The lowest BCUT2D eigenvalue weighted by Gasteiger charge is -2.32. The van der Waals surface area contributed by atoms with E-state index in [0.717, 1.165) is 48.5 Å². The summed E-state index contributed by atoms with van der Waals surface area (Å²) in [7, 11) is 3.29. The van der Waals surface area contributed by atoms with Gasteiger partial charge in [-0.3, -0.25) is 4.79 Å². The van der Waals surface area contributed by atoms with E-state index in [4.69, 9.17) is 21.1 Å². The van der Waals surface area contributed by atoms with Crippen molar-refractivity contribution in [3.63, 3.8) is 0 Å². The quantitative estimate of drug-likeness (QED) is 0.577. The Balaban J connectivity index is 1.62. The number of carbonyl (C=O) groups is 1. The highest BCUT2D eigenvalue weighted by Crippen LogP contribution is 2.37. The van der Waals surface area contributed by atoms with Gasteiger partial charge in [0.1, 0.15) is 5.88 Å². The normalized spacial score (nSPS) is 14.9. The SMILES string of the molecule is COc1ccc(-c2[nH]c3ccc(C4CCN(C(=O)CCl)CC4)cc3c2C)cc1OC. The lowest BCUT2D eigenvalue weighted by atomic mass is 9.88. The van der Waals surface area contributed by atoms with Crippen LogP contribution < -0.4 is 9.47 Å². The fourth-order valence-electron chi connectivity index (χ4n) is 4.43. The summed E-state index contributed by atoms with van der Waals surface area (Å²) < 4.78 is 10.8. The van der Waals surface area contributed by atoms with Crippen LogP contribution in [-0.2, 0) is 4.79 Å².